The number of rotatable bonds is 4. The first kappa shape index (κ1) is 14.5. The van der Waals surface area contributed by atoms with Gasteiger partial charge in [0.15, 0.2) is 0 Å². The van der Waals surface area contributed by atoms with Crippen molar-refractivity contribution in [2.45, 2.75) is 13.0 Å². The summed E-state index contributed by atoms with van der Waals surface area (Å²) < 4.78 is 0. The summed E-state index contributed by atoms with van der Waals surface area (Å²) >= 11 is 5.99. The Hall–Kier alpha value is -1.91. The van der Waals surface area contributed by atoms with E-state index in [2.05, 4.69) is 10.3 Å². The van der Waals surface area contributed by atoms with Crippen LogP contribution in [-0.4, -0.2) is 22.5 Å². The van der Waals surface area contributed by atoms with Gasteiger partial charge in [0.25, 0.3) is 5.91 Å². The number of aliphatic hydroxyl groups excluding tert-OH is 1. The van der Waals surface area contributed by atoms with Crippen molar-refractivity contribution >= 4 is 17.5 Å². The lowest BCUT2D eigenvalue weighted by Crippen LogP contribution is -2.28. The predicted molar refractivity (Wildman–Crippen MR) is 77.7 cm³/mol. The number of aryl methyl sites for hydroxylation is 1. The number of carbonyl (C=O) groups is 1. The number of hydrogen-bond donors (Lipinski definition) is 2. The highest BCUT2D eigenvalue weighted by atomic mass is 35.5. The molecule has 1 heterocycles. The first-order chi connectivity index (χ1) is 9.58. The third-order valence-electron chi connectivity index (χ3n) is 2.88. The summed E-state index contributed by atoms with van der Waals surface area (Å²) in [4.78, 5) is 16.0. The van der Waals surface area contributed by atoms with Crippen LogP contribution in [0.2, 0.25) is 5.02 Å². The molecule has 0 aliphatic heterocycles. The molecule has 0 radical (unpaired) electrons. The molecule has 0 bridgehead atoms. The number of aliphatic hydroxyl groups is 1. The standard InChI is InChI=1S/C15H15ClN2O2/c1-10-7-13(16)12(8-17-10)15(20)18-9-14(19)11-5-3-2-4-6-11/h2-8,14,19H,9H2,1H3,(H,18,20). The molecule has 1 aromatic heterocycles. The molecule has 0 saturated carbocycles. The molecule has 0 saturated heterocycles. The second-order valence-electron chi connectivity index (χ2n) is 4.44. The Morgan fingerprint density at radius 3 is 2.75 bits per heavy atom. The van der Waals surface area contributed by atoms with Gasteiger partial charge in [0, 0.05) is 18.4 Å². The van der Waals surface area contributed by atoms with Crippen molar-refractivity contribution in [3.8, 4) is 0 Å². The van der Waals surface area contributed by atoms with Gasteiger partial charge in [0.1, 0.15) is 0 Å². The Kier molecular flexibility index (Phi) is 4.71. The van der Waals surface area contributed by atoms with Crippen molar-refractivity contribution in [2.75, 3.05) is 6.54 Å². The maximum atomic E-state index is 12.0. The van der Waals surface area contributed by atoms with Crippen LogP contribution >= 0.6 is 11.6 Å². The lowest BCUT2D eigenvalue weighted by atomic mass is 10.1. The lowest BCUT2D eigenvalue weighted by Gasteiger charge is -2.12. The first-order valence-corrected chi connectivity index (χ1v) is 6.59. The smallest absolute Gasteiger partial charge is 0.254 e. The maximum Gasteiger partial charge on any atom is 0.254 e. The van der Waals surface area contributed by atoms with Crippen LogP contribution in [0.3, 0.4) is 0 Å². The summed E-state index contributed by atoms with van der Waals surface area (Å²) in [6.07, 6.45) is 0.680. The van der Waals surface area contributed by atoms with Crippen molar-refractivity contribution in [3.05, 3.63) is 64.4 Å². The van der Waals surface area contributed by atoms with E-state index in [1.807, 2.05) is 18.2 Å². The van der Waals surface area contributed by atoms with E-state index >= 15 is 0 Å². The minimum Gasteiger partial charge on any atom is -0.387 e. The Balaban J connectivity index is 1.99. The molecule has 5 heteroatoms. The van der Waals surface area contributed by atoms with Gasteiger partial charge in [-0.3, -0.25) is 9.78 Å². The fraction of sp³-hybridized carbons (Fsp3) is 0.200. The Labute approximate surface area is 122 Å². The fourth-order valence-electron chi connectivity index (χ4n) is 1.77. The maximum absolute atomic E-state index is 12.0. The van der Waals surface area contributed by atoms with Crippen molar-refractivity contribution in [2.24, 2.45) is 0 Å². The van der Waals surface area contributed by atoms with E-state index in [0.29, 0.717) is 10.6 Å². The first-order valence-electron chi connectivity index (χ1n) is 6.21. The van der Waals surface area contributed by atoms with Gasteiger partial charge in [-0.2, -0.15) is 0 Å². The van der Waals surface area contributed by atoms with Gasteiger partial charge in [-0.1, -0.05) is 41.9 Å². The van der Waals surface area contributed by atoms with Crippen LogP contribution in [0, 0.1) is 6.92 Å². The number of amides is 1. The van der Waals surface area contributed by atoms with Crippen molar-refractivity contribution < 1.29 is 9.90 Å². The molecule has 104 valence electrons. The van der Waals surface area contributed by atoms with E-state index in [1.165, 1.54) is 6.20 Å². The van der Waals surface area contributed by atoms with Crippen LogP contribution in [0.4, 0.5) is 0 Å². The molecular formula is C15H15ClN2O2. The van der Waals surface area contributed by atoms with E-state index in [9.17, 15) is 9.90 Å². The monoisotopic (exact) mass is 290 g/mol. The number of pyridine rings is 1. The molecule has 0 spiro atoms. The largest absolute Gasteiger partial charge is 0.387 e. The second kappa shape index (κ2) is 6.50. The van der Waals surface area contributed by atoms with Crippen LogP contribution in [0.15, 0.2) is 42.6 Å². The summed E-state index contributed by atoms with van der Waals surface area (Å²) in [6, 6.07) is 10.8. The molecule has 0 fully saturated rings. The molecule has 4 nitrogen and oxygen atoms in total. The molecule has 2 rings (SSSR count). The fourth-order valence-corrected chi connectivity index (χ4v) is 2.06. The highest BCUT2D eigenvalue weighted by molar-refractivity contribution is 6.33. The zero-order valence-corrected chi connectivity index (χ0v) is 11.8. The Bertz CT molecular complexity index is 602. The molecule has 1 amide bonds. The van der Waals surface area contributed by atoms with Crippen LogP contribution in [0.5, 0.6) is 0 Å². The molecule has 1 aromatic carbocycles. The molecule has 2 aromatic rings. The minimum atomic E-state index is -0.752. The number of benzene rings is 1. The quantitative estimate of drug-likeness (QED) is 0.909. The SMILES string of the molecule is Cc1cc(Cl)c(C(=O)NCC(O)c2ccccc2)cn1. The zero-order chi connectivity index (χ0) is 14.5. The summed E-state index contributed by atoms with van der Waals surface area (Å²) in [5.41, 5.74) is 1.80. The number of hydrogen-bond acceptors (Lipinski definition) is 3. The molecule has 1 atom stereocenters. The topological polar surface area (TPSA) is 62.2 Å². The average molecular weight is 291 g/mol. The molecule has 20 heavy (non-hydrogen) atoms. The third-order valence-corrected chi connectivity index (χ3v) is 3.19. The van der Waals surface area contributed by atoms with Crippen LogP contribution in [0.1, 0.15) is 27.7 Å². The lowest BCUT2D eigenvalue weighted by molar-refractivity contribution is 0.0916. The van der Waals surface area contributed by atoms with E-state index in [-0.39, 0.29) is 12.5 Å². The van der Waals surface area contributed by atoms with Gasteiger partial charge in [-0.15, -0.1) is 0 Å². The summed E-state index contributed by atoms with van der Waals surface area (Å²) in [6.45, 7) is 1.92. The summed E-state index contributed by atoms with van der Waals surface area (Å²) in [5, 5.41) is 13.0. The Morgan fingerprint density at radius 1 is 1.40 bits per heavy atom. The van der Waals surface area contributed by atoms with Gasteiger partial charge >= 0.3 is 0 Å². The number of nitrogens with zero attached hydrogens (tertiary/aromatic N) is 1. The number of aromatic nitrogens is 1. The molecule has 1 unspecified atom stereocenters. The van der Waals surface area contributed by atoms with Gasteiger partial charge in [-0.25, -0.2) is 0 Å². The van der Waals surface area contributed by atoms with E-state index in [4.69, 9.17) is 11.6 Å². The van der Waals surface area contributed by atoms with Crippen LogP contribution in [-0.2, 0) is 0 Å². The normalized spacial score (nSPS) is 11.9. The molecular weight excluding hydrogens is 276 g/mol. The molecule has 0 aliphatic rings. The molecule has 2 N–H and O–H groups in total. The van der Waals surface area contributed by atoms with Crippen LogP contribution in [0.25, 0.3) is 0 Å². The Morgan fingerprint density at radius 2 is 2.10 bits per heavy atom. The third kappa shape index (κ3) is 3.56. The second-order valence-corrected chi connectivity index (χ2v) is 4.85. The van der Waals surface area contributed by atoms with E-state index < -0.39 is 6.10 Å². The van der Waals surface area contributed by atoms with Gasteiger partial charge < -0.3 is 10.4 Å². The average Bonchev–Trinajstić information content (AvgIpc) is 2.45. The van der Waals surface area contributed by atoms with Gasteiger partial charge in [0.2, 0.25) is 0 Å². The van der Waals surface area contributed by atoms with Gasteiger partial charge in [-0.05, 0) is 18.6 Å². The van der Waals surface area contributed by atoms with E-state index in [1.54, 1.807) is 25.1 Å². The highest BCUT2D eigenvalue weighted by Crippen LogP contribution is 2.16. The van der Waals surface area contributed by atoms with E-state index in [0.717, 1.165) is 11.3 Å². The number of halogens is 1. The number of carbonyl (C=O) groups excluding carboxylic acids is 1. The van der Waals surface area contributed by atoms with Gasteiger partial charge in [0.05, 0.1) is 16.7 Å². The van der Waals surface area contributed by atoms with Crippen molar-refractivity contribution in [3.63, 3.8) is 0 Å². The predicted octanol–water partition coefficient (Wildman–Crippen LogP) is 2.51. The summed E-state index contributed by atoms with van der Waals surface area (Å²) in [5.74, 6) is -0.350. The summed E-state index contributed by atoms with van der Waals surface area (Å²) in [7, 11) is 0. The van der Waals surface area contributed by atoms with Crippen LogP contribution < -0.4 is 5.32 Å². The zero-order valence-electron chi connectivity index (χ0n) is 11.0. The highest BCUT2D eigenvalue weighted by Gasteiger charge is 2.13. The minimum absolute atomic E-state index is 0.118. The number of nitrogens with one attached hydrogen (secondary N) is 1. The van der Waals surface area contributed by atoms with Crippen molar-refractivity contribution in [1.82, 2.24) is 10.3 Å². The molecule has 0 aliphatic carbocycles. The van der Waals surface area contributed by atoms with Crippen molar-refractivity contribution in [1.29, 1.82) is 0 Å².